The molecule has 0 saturated carbocycles. The SMILES string of the molecule is CNN(C)C(N)[N+](=O)[O-]. The van der Waals surface area contributed by atoms with Crippen LogP contribution in [0.25, 0.3) is 0 Å². The van der Waals surface area contributed by atoms with Gasteiger partial charge in [0.05, 0.1) is 4.92 Å². The molecule has 9 heavy (non-hydrogen) atoms. The van der Waals surface area contributed by atoms with Crippen LogP contribution in [0.4, 0.5) is 0 Å². The van der Waals surface area contributed by atoms with Crippen molar-refractivity contribution in [1.29, 1.82) is 0 Å². The summed E-state index contributed by atoms with van der Waals surface area (Å²) in [5.74, 6) is 0. The standard InChI is InChI=1S/C3H10N4O2/c1-5-6(2)3(4)7(8)9/h3,5H,4H2,1-2H3. The highest BCUT2D eigenvalue weighted by molar-refractivity contribution is 4.37. The minimum atomic E-state index is -1.17. The van der Waals surface area contributed by atoms with Crippen LogP contribution in [-0.2, 0) is 0 Å². The molecule has 0 aliphatic carbocycles. The van der Waals surface area contributed by atoms with E-state index in [1.165, 1.54) is 12.1 Å². The molecule has 0 aliphatic heterocycles. The molecule has 0 radical (unpaired) electrons. The maximum absolute atomic E-state index is 9.90. The summed E-state index contributed by atoms with van der Waals surface area (Å²) in [6.07, 6.45) is -1.17. The van der Waals surface area contributed by atoms with Crippen molar-refractivity contribution in [2.75, 3.05) is 14.1 Å². The third-order valence-electron chi connectivity index (χ3n) is 0.966. The summed E-state index contributed by atoms with van der Waals surface area (Å²) in [7, 11) is 3.05. The summed E-state index contributed by atoms with van der Waals surface area (Å²) in [6.45, 7) is 0. The molecular formula is C3H10N4O2. The molecule has 0 amide bonds. The van der Waals surface area contributed by atoms with Gasteiger partial charge in [0.25, 0.3) is 0 Å². The number of hydrazine groups is 1. The van der Waals surface area contributed by atoms with E-state index in [0.717, 1.165) is 0 Å². The molecule has 0 aromatic rings. The van der Waals surface area contributed by atoms with Crippen LogP contribution in [0.5, 0.6) is 0 Å². The first kappa shape index (κ1) is 8.28. The molecule has 0 saturated heterocycles. The zero-order valence-electron chi connectivity index (χ0n) is 5.37. The highest BCUT2D eigenvalue weighted by Gasteiger charge is 2.17. The normalized spacial score (nSPS) is 13.8. The molecule has 54 valence electrons. The molecule has 3 N–H and O–H groups in total. The summed E-state index contributed by atoms with van der Waals surface area (Å²) in [4.78, 5) is 9.31. The van der Waals surface area contributed by atoms with Gasteiger partial charge in [-0.05, 0) is 7.05 Å². The van der Waals surface area contributed by atoms with Gasteiger partial charge < -0.3 is 0 Å². The Morgan fingerprint density at radius 1 is 1.89 bits per heavy atom. The molecular weight excluding hydrogens is 124 g/mol. The maximum atomic E-state index is 9.90. The Morgan fingerprint density at radius 3 is 2.44 bits per heavy atom. The second kappa shape index (κ2) is 3.33. The van der Waals surface area contributed by atoms with Crippen LogP contribution in [0.2, 0.25) is 0 Å². The zero-order valence-corrected chi connectivity index (χ0v) is 5.37. The van der Waals surface area contributed by atoms with Crippen molar-refractivity contribution in [2.45, 2.75) is 6.29 Å². The topological polar surface area (TPSA) is 84.4 Å². The fourth-order valence-electron chi connectivity index (χ4n) is 0.274. The quantitative estimate of drug-likeness (QED) is 0.281. The average molecular weight is 134 g/mol. The summed E-state index contributed by atoms with van der Waals surface area (Å²) in [5.41, 5.74) is 7.55. The molecule has 0 spiro atoms. The van der Waals surface area contributed by atoms with E-state index < -0.39 is 11.2 Å². The third-order valence-corrected chi connectivity index (χ3v) is 0.966. The first-order chi connectivity index (χ1) is 4.09. The lowest BCUT2D eigenvalue weighted by molar-refractivity contribution is -0.551. The lowest BCUT2D eigenvalue weighted by Gasteiger charge is -2.14. The van der Waals surface area contributed by atoms with Crippen molar-refractivity contribution in [3.8, 4) is 0 Å². The summed E-state index contributed by atoms with van der Waals surface area (Å²) < 4.78 is 0. The number of rotatable bonds is 3. The van der Waals surface area contributed by atoms with Gasteiger partial charge >= 0.3 is 6.29 Å². The highest BCUT2D eigenvalue weighted by Crippen LogP contribution is 1.81. The lowest BCUT2D eigenvalue weighted by atomic mass is 10.8. The van der Waals surface area contributed by atoms with E-state index in [1.807, 2.05) is 0 Å². The molecule has 0 aliphatic rings. The monoisotopic (exact) mass is 134 g/mol. The Bertz CT molecular complexity index is 106. The second-order valence-electron chi connectivity index (χ2n) is 1.53. The molecule has 0 bridgehead atoms. The van der Waals surface area contributed by atoms with Crippen LogP contribution in [0.1, 0.15) is 0 Å². The van der Waals surface area contributed by atoms with Crippen LogP contribution in [0.3, 0.4) is 0 Å². The van der Waals surface area contributed by atoms with Crippen LogP contribution in [0, 0.1) is 10.1 Å². The molecule has 1 unspecified atom stereocenters. The molecule has 6 nitrogen and oxygen atoms in total. The molecule has 1 atom stereocenters. The van der Waals surface area contributed by atoms with Crippen molar-refractivity contribution in [2.24, 2.45) is 5.73 Å². The van der Waals surface area contributed by atoms with E-state index in [4.69, 9.17) is 5.73 Å². The summed E-state index contributed by atoms with van der Waals surface area (Å²) in [6, 6.07) is 0. The highest BCUT2D eigenvalue weighted by atomic mass is 16.6. The third kappa shape index (κ3) is 2.36. The van der Waals surface area contributed by atoms with Crippen molar-refractivity contribution in [3.05, 3.63) is 10.1 Å². The van der Waals surface area contributed by atoms with Gasteiger partial charge in [0, 0.05) is 7.05 Å². The van der Waals surface area contributed by atoms with Crippen LogP contribution >= 0.6 is 0 Å². The van der Waals surface area contributed by atoms with Gasteiger partial charge in [0.15, 0.2) is 0 Å². The Kier molecular flexibility index (Phi) is 3.07. The average Bonchev–Trinajstić information content (AvgIpc) is 1.84. The minimum absolute atomic E-state index is 0.587. The summed E-state index contributed by atoms with van der Waals surface area (Å²) in [5, 5.41) is 11.1. The molecule has 0 aromatic heterocycles. The zero-order chi connectivity index (χ0) is 7.44. The van der Waals surface area contributed by atoms with Crippen molar-refractivity contribution >= 4 is 0 Å². The predicted molar refractivity (Wildman–Crippen MR) is 31.8 cm³/mol. The second-order valence-corrected chi connectivity index (χ2v) is 1.53. The lowest BCUT2D eigenvalue weighted by Crippen LogP contribution is -2.50. The van der Waals surface area contributed by atoms with Gasteiger partial charge in [-0.2, -0.15) is 5.01 Å². The Labute approximate surface area is 52.7 Å². The van der Waals surface area contributed by atoms with Crippen molar-refractivity contribution < 1.29 is 4.92 Å². The predicted octanol–water partition coefficient (Wildman–Crippen LogP) is -1.43. The number of nitro groups is 1. The van der Waals surface area contributed by atoms with Gasteiger partial charge in [-0.25, -0.2) is 0 Å². The summed E-state index contributed by atoms with van der Waals surface area (Å²) >= 11 is 0. The number of hydrogen-bond acceptors (Lipinski definition) is 5. The number of nitrogens with two attached hydrogens (primary N) is 1. The van der Waals surface area contributed by atoms with E-state index >= 15 is 0 Å². The van der Waals surface area contributed by atoms with Gasteiger partial charge in [-0.1, -0.05) is 0 Å². The Balaban J connectivity index is 3.72. The minimum Gasteiger partial charge on any atom is -0.261 e. The first-order valence-electron chi connectivity index (χ1n) is 2.39. The molecule has 0 heterocycles. The number of hydrogen-bond donors (Lipinski definition) is 2. The van der Waals surface area contributed by atoms with E-state index in [9.17, 15) is 10.1 Å². The van der Waals surface area contributed by atoms with E-state index in [2.05, 4.69) is 5.43 Å². The van der Waals surface area contributed by atoms with E-state index in [0.29, 0.717) is 0 Å². The fourth-order valence-corrected chi connectivity index (χ4v) is 0.274. The van der Waals surface area contributed by atoms with Crippen molar-refractivity contribution in [3.63, 3.8) is 0 Å². The number of nitrogens with one attached hydrogen (secondary N) is 1. The van der Waals surface area contributed by atoms with Crippen LogP contribution < -0.4 is 11.2 Å². The molecule has 6 heteroatoms. The maximum Gasteiger partial charge on any atom is 0.335 e. The van der Waals surface area contributed by atoms with Gasteiger partial charge in [0.2, 0.25) is 0 Å². The molecule has 0 fully saturated rings. The fraction of sp³-hybridized carbons (Fsp3) is 1.00. The Hall–Kier alpha value is -0.720. The van der Waals surface area contributed by atoms with Gasteiger partial charge in [-0.15, -0.1) is 0 Å². The van der Waals surface area contributed by atoms with E-state index in [1.54, 1.807) is 7.05 Å². The largest absolute Gasteiger partial charge is 0.335 e. The number of nitrogens with zero attached hydrogens (tertiary/aromatic N) is 2. The van der Waals surface area contributed by atoms with E-state index in [-0.39, 0.29) is 0 Å². The van der Waals surface area contributed by atoms with Gasteiger partial charge in [-0.3, -0.25) is 21.3 Å². The molecule has 0 aromatic carbocycles. The van der Waals surface area contributed by atoms with Gasteiger partial charge in [0.1, 0.15) is 0 Å². The van der Waals surface area contributed by atoms with Crippen molar-refractivity contribution in [1.82, 2.24) is 10.4 Å². The Morgan fingerprint density at radius 2 is 2.33 bits per heavy atom. The van der Waals surface area contributed by atoms with Crippen LogP contribution in [0.15, 0.2) is 0 Å². The molecule has 0 rings (SSSR count). The van der Waals surface area contributed by atoms with Crippen LogP contribution in [-0.4, -0.2) is 30.3 Å². The first-order valence-corrected chi connectivity index (χ1v) is 2.39. The smallest absolute Gasteiger partial charge is 0.261 e.